The molecule has 0 spiro atoms. The Hall–Kier alpha value is 0. The topological polar surface area (TPSA) is 0 Å². The standard InChI is InChI=1S/C28H46/c1-16-17(2)21(7)20(16,6)24(10)25(21,11)28(14)26(12)22(8)18(3,4)15-19(22,5)23(26,9)27(24,28)13/h16-17H,15H2,1-14H3. The van der Waals surface area contributed by atoms with Gasteiger partial charge in [-0.2, -0.15) is 0 Å². The van der Waals surface area contributed by atoms with Crippen LogP contribution in [0, 0.1) is 71.4 Å². The summed E-state index contributed by atoms with van der Waals surface area (Å²) in [6, 6.07) is 0. The fourth-order valence-corrected chi connectivity index (χ4v) is 16.5. The summed E-state index contributed by atoms with van der Waals surface area (Å²) in [6.45, 7) is 37.7. The van der Waals surface area contributed by atoms with Gasteiger partial charge in [-0.25, -0.2) is 0 Å². The highest BCUT2D eigenvalue weighted by molar-refractivity contribution is 5.62. The molecule has 0 N–H and O–H groups in total. The number of fused-ring (bicyclic) bond motifs is 13. The van der Waals surface area contributed by atoms with E-state index in [-0.39, 0.29) is 0 Å². The SMILES string of the molecule is CC1C(C)C2(C)C1(C)C1(C)C2(C)C2(C)C3(C)C4(C)C(C)(C)CC4(C)C3(C)C12C. The van der Waals surface area contributed by atoms with Crippen molar-refractivity contribution in [3.8, 4) is 0 Å². The van der Waals surface area contributed by atoms with Crippen LogP contribution in [-0.4, -0.2) is 0 Å². The van der Waals surface area contributed by atoms with Crippen molar-refractivity contribution >= 4 is 0 Å². The van der Waals surface area contributed by atoms with Crippen LogP contribution >= 0.6 is 0 Å². The third-order valence-corrected chi connectivity index (χ3v) is 18.1. The summed E-state index contributed by atoms with van der Waals surface area (Å²) in [5, 5.41) is 0. The first-order chi connectivity index (χ1) is 12.3. The van der Waals surface area contributed by atoms with Crippen LogP contribution in [0.4, 0.5) is 0 Å². The molecule has 0 heterocycles. The molecule has 6 aliphatic carbocycles. The Balaban J connectivity index is 1.66. The van der Waals surface area contributed by atoms with Gasteiger partial charge in [-0.3, -0.25) is 0 Å². The van der Waals surface area contributed by atoms with E-state index in [0.29, 0.717) is 59.6 Å². The molecule has 12 unspecified atom stereocenters. The van der Waals surface area contributed by atoms with Crippen molar-refractivity contribution in [2.75, 3.05) is 0 Å². The van der Waals surface area contributed by atoms with E-state index in [2.05, 4.69) is 96.9 Å². The highest BCUT2D eigenvalue weighted by Crippen LogP contribution is 3.20. The fraction of sp³-hybridized carbons (Fsp3) is 1.00. The molecule has 6 rings (SSSR count). The Morgan fingerprint density at radius 1 is 0.429 bits per heavy atom. The summed E-state index contributed by atoms with van der Waals surface area (Å²) in [7, 11) is 0. The minimum Gasteiger partial charge on any atom is -0.0617 e. The molecule has 0 bridgehead atoms. The van der Waals surface area contributed by atoms with E-state index >= 15 is 0 Å². The Morgan fingerprint density at radius 2 is 0.750 bits per heavy atom. The summed E-state index contributed by atoms with van der Waals surface area (Å²) in [5.41, 5.74) is 5.10. The van der Waals surface area contributed by atoms with Crippen molar-refractivity contribution in [3.05, 3.63) is 0 Å². The third kappa shape index (κ3) is 0.742. The highest BCUT2D eigenvalue weighted by atomic mass is 15.2. The molecule has 0 nitrogen and oxygen atoms in total. The third-order valence-electron chi connectivity index (χ3n) is 18.1. The molecule has 0 aromatic rings. The van der Waals surface area contributed by atoms with Crippen LogP contribution < -0.4 is 0 Å². The van der Waals surface area contributed by atoms with E-state index in [1.54, 1.807) is 0 Å². The van der Waals surface area contributed by atoms with E-state index in [1.807, 2.05) is 0 Å². The van der Waals surface area contributed by atoms with Gasteiger partial charge in [0.15, 0.2) is 0 Å². The molecule has 6 saturated carbocycles. The zero-order chi connectivity index (χ0) is 21.4. The van der Waals surface area contributed by atoms with E-state index in [4.69, 9.17) is 0 Å². The first-order valence-electron chi connectivity index (χ1n) is 12.3. The lowest BCUT2D eigenvalue weighted by molar-refractivity contribution is -0.722. The van der Waals surface area contributed by atoms with Gasteiger partial charge in [0.2, 0.25) is 0 Å². The minimum absolute atomic E-state index is 0.436. The Kier molecular flexibility index (Phi) is 2.29. The van der Waals surface area contributed by atoms with Gasteiger partial charge < -0.3 is 0 Å². The average Bonchev–Trinajstić information content (AvgIpc) is 2.64. The van der Waals surface area contributed by atoms with Gasteiger partial charge in [0, 0.05) is 0 Å². The van der Waals surface area contributed by atoms with Crippen LogP contribution in [0.2, 0.25) is 0 Å². The molecule has 0 aromatic heterocycles. The van der Waals surface area contributed by atoms with E-state index in [9.17, 15) is 0 Å². The van der Waals surface area contributed by atoms with Gasteiger partial charge in [-0.1, -0.05) is 96.9 Å². The van der Waals surface area contributed by atoms with E-state index in [1.165, 1.54) is 6.42 Å². The number of rotatable bonds is 0. The summed E-state index contributed by atoms with van der Waals surface area (Å²) in [4.78, 5) is 0. The molecule has 0 heteroatoms. The molecular formula is C28H46. The maximum Gasteiger partial charge on any atom is -0.0131 e. The van der Waals surface area contributed by atoms with E-state index < -0.39 is 0 Å². The maximum atomic E-state index is 2.77. The second-order valence-corrected chi connectivity index (χ2v) is 15.2. The van der Waals surface area contributed by atoms with E-state index in [0.717, 1.165) is 11.8 Å². The molecule has 6 aliphatic rings. The van der Waals surface area contributed by atoms with Crippen molar-refractivity contribution in [1.29, 1.82) is 0 Å². The first-order valence-corrected chi connectivity index (χ1v) is 12.3. The smallest absolute Gasteiger partial charge is 0.0131 e. The van der Waals surface area contributed by atoms with Crippen LogP contribution in [0.5, 0.6) is 0 Å². The summed E-state index contributed by atoms with van der Waals surface area (Å²) >= 11 is 0. The fourth-order valence-electron chi connectivity index (χ4n) is 16.5. The summed E-state index contributed by atoms with van der Waals surface area (Å²) < 4.78 is 0. The molecule has 0 amide bonds. The lowest BCUT2D eigenvalue weighted by Crippen LogP contribution is -3.15. The summed E-state index contributed by atoms with van der Waals surface area (Å²) in [5.74, 6) is 1.70. The zero-order valence-corrected chi connectivity index (χ0v) is 21.4. The van der Waals surface area contributed by atoms with Crippen molar-refractivity contribution in [2.24, 2.45) is 71.4 Å². The quantitative estimate of drug-likeness (QED) is 0.375. The van der Waals surface area contributed by atoms with Crippen LogP contribution in [0.25, 0.3) is 0 Å². The van der Waals surface area contributed by atoms with Gasteiger partial charge in [-0.15, -0.1) is 0 Å². The van der Waals surface area contributed by atoms with Gasteiger partial charge in [0.05, 0.1) is 0 Å². The molecular weight excluding hydrogens is 336 g/mol. The molecule has 0 saturated heterocycles. The molecule has 0 aliphatic heterocycles. The molecule has 28 heavy (non-hydrogen) atoms. The molecule has 158 valence electrons. The molecule has 0 aromatic carbocycles. The van der Waals surface area contributed by atoms with Crippen LogP contribution in [0.3, 0.4) is 0 Å². The van der Waals surface area contributed by atoms with Gasteiger partial charge >= 0.3 is 0 Å². The predicted molar refractivity (Wildman–Crippen MR) is 118 cm³/mol. The Morgan fingerprint density at radius 3 is 1.11 bits per heavy atom. The predicted octanol–water partition coefficient (Wildman–Crippen LogP) is 7.82. The van der Waals surface area contributed by atoms with Crippen molar-refractivity contribution in [2.45, 2.75) is 103 Å². The average molecular weight is 383 g/mol. The minimum atomic E-state index is 0.436. The largest absolute Gasteiger partial charge is 0.0617 e. The second-order valence-electron chi connectivity index (χ2n) is 15.2. The molecule has 6 fully saturated rings. The number of hydrogen-bond acceptors (Lipinski definition) is 0. The molecule has 12 atom stereocenters. The van der Waals surface area contributed by atoms with Crippen LogP contribution in [-0.2, 0) is 0 Å². The molecule has 0 radical (unpaired) electrons. The normalized spacial score (nSPS) is 82.1. The zero-order valence-electron chi connectivity index (χ0n) is 21.4. The van der Waals surface area contributed by atoms with Crippen LogP contribution in [0.1, 0.15) is 103 Å². The highest BCUT2D eigenvalue weighted by Gasteiger charge is 3.16. The van der Waals surface area contributed by atoms with Crippen LogP contribution in [0.15, 0.2) is 0 Å². The van der Waals surface area contributed by atoms with Gasteiger partial charge in [-0.05, 0) is 77.8 Å². The number of hydrogen-bond donors (Lipinski definition) is 0. The Labute approximate surface area is 175 Å². The first kappa shape index (κ1) is 18.7. The maximum absolute atomic E-state index is 2.77. The van der Waals surface area contributed by atoms with Gasteiger partial charge in [0.1, 0.15) is 0 Å². The van der Waals surface area contributed by atoms with Crippen molar-refractivity contribution in [1.82, 2.24) is 0 Å². The van der Waals surface area contributed by atoms with Gasteiger partial charge in [0.25, 0.3) is 0 Å². The second kappa shape index (κ2) is 3.43. The summed E-state index contributed by atoms with van der Waals surface area (Å²) in [6.07, 6.45) is 1.42. The lowest BCUT2D eigenvalue weighted by Gasteiger charge is -3.18. The monoisotopic (exact) mass is 382 g/mol. The lowest BCUT2D eigenvalue weighted by atomic mass is 8.85. The van der Waals surface area contributed by atoms with Crippen molar-refractivity contribution in [3.63, 3.8) is 0 Å². The Bertz CT molecular complexity index is 900. The van der Waals surface area contributed by atoms with Crippen molar-refractivity contribution < 1.29 is 0 Å².